The molecule has 0 bridgehead atoms. The summed E-state index contributed by atoms with van der Waals surface area (Å²) in [5.41, 5.74) is 9.21. The first kappa shape index (κ1) is 13.1. The van der Waals surface area contributed by atoms with Gasteiger partial charge < -0.3 is 10.6 Å². The molecule has 4 nitrogen and oxygen atoms in total. The normalized spacial score (nSPS) is 10.5. The van der Waals surface area contributed by atoms with Crippen LogP contribution in [0, 0.1) is 5.41 Å². The van der Waals surface area contributed by atoms with E-state index < -0.39 is 0 Å². The number of nitrogens with zero attached hydrogens (tertiary/aromatic N) is 2. The number of rotatable bonds is 3. The molecule has 0 aliphatic rings. The van der Waals surface area contributed by atoms with Crippen molar-refractivity contribution in [3.8, 4) is 0 Å². The van der Waals surface area contributed by atoms with Gasteiger partial charge in [0.2, 0.25) is 0 Å². The summed E-state index contributed by atoms with van der Waals surface area (Å²) < 4.78 is 0. The van der Waals surface area contributed by atoms with Crippen molar-refractivity contribution in [3.63, 3.8) is 0 Å². The van der Waals surface area contributed by atoms with Crippen molar-refractivity contribution in [2.45, 2.75) is 0 Å². The van der Waals surface area contributed by atoms with E-state index in [0.717, 1.165) is 22.3 Å². The predicted molar refractivity (Wildman–Crippen MR) is 87.3 cm³/mol. The Labute approximate surface area is 123 Å². The van der Waals surface area contributed by atoms with E-state index in [1.54, 1.807) is 6.20 Å². The molecule has 0 aliphatic heterocycles. The predicted octanol–water partition coefficient (Wildman–Crippen LogP) is 3.29. The number of hydrogen-bond acceptors (Lipinski definition) is 3. The molecule has 1 heterocycles. The van der Waals surface area contributed by atoms with E-state index in [1.165, 1.54) is 0 Å². The molecule has 0 radical (unpaired) electrons. The van der Waals surface area contributed by atoms with Crippen molar-refractivity contribution < 1.29 is 0 Å². The van der Waals surface area contributed by atoms with Crippen LogP contribution in [-0.2, 0) is 0 Å². The highest BCUT2D eigenvalue weighted by atomic mass is 15.1. The average Bonchev–Trinajstić information content (AvgIpc) is 2.53. The van der Waals surface area contributed by atoms with Gasteiger partial charge in [-0.25, -0.2) is 0 Å². The Kier molecular flexibility index (Phi) is 3.28. The number of amidine groups is 1. The molecule has 0 saturated heterocycles. The number of pyridine rings is 1. The molecule has 2 aromatic carbocycles. The van der Waals surface area contributed by atoms with Crippen LogP contribution in [0.5, 0.6) is 0 Å². The lowest BCUT2D eigenvalue weighted by molar-refractivity contribution is 1.20. The number of benzene rings is 2. The topological polar surface area (TPSA) is 66.0 Å². The average molecular weight is 276 g/mol. The number of hydrogen-bond donors (Lipinski definition) is 2. The second-order valence-electron chi connectivity index (χ2n) is 4.85. The first-order chi connectivity index (χ1) is 10.2. The van der Waals surface area contributed by atoms with Crippen LogP contribution in [0.25, 0.3) is 10.9 Å². The molecule has 0 atom stereocenters. The SMILES string of the molecule is CN(c1ccccc1)c1c(C(=N)N)cnc2ccccc12. The Bertz CT molecular complexity index is 796. The maximum Gasteiger partial charge on any atom is 0.126 e. The van der Waals surface area contributed by atoms with E-state index in [0.29, 0.717) is 5.56 Å². The molecule has 21 heavy (non-hydrogen) atoms. The quantitative estimate of drug-likeness (QED) is 0.570. The summed E-state index contributed by atoms with van der Waals surface area (Å²) in [5.74, 6) is 0.0195. The van der Waals surface area contributed by atoms with E-state index in [4.69, 9.17) is 11.1 Å². The lowest BCUT2D eigenvalue weighted by Crippen LogP contribution is -2.19. The highest BCUT2D eigenvalue weighted by Crippen LogP contribution is 2.33. The largest absolute Gasteiger partial charge is 0.384 e. The van der Waals surface area contributed by atoms with Gasteiger partial charge in [0.1, 0.15) is 5.84 Å². The molecule has 3 N–H and O–H groups in total. The van der Waals surface area contributed by atoms with Gasteiger partial charge in [0.15, 0.2) is 0 Å². The van der Waals surface area contributed by atoms with Crippen LogP contribution in [0.4, 0.5) is 11.4 Å². The molecule has 3 rings (SSSR count). The van der Waals surface area contributed by atoms with Gasteiger partial charge in [-0.05, 0) is 18.2 Å². The molecule has 0 saturated carbocycles. The Morgan fingerprint density at radius 1 is 1.05 bits per heavy atom. The third-order valence-corrected chi connectivity index (χ3v) is 3.52. The second kappa shape index (κ2) is 5.25. The van der Waals surface area contributed by atoms with E-state index in [1.807, 2.05) is 66.5 Å². The first-order valence-electron chi connectivity index (χ1n) is 6.69. The number of aromatic nitrogens is 1. The minimum absolute atomic E-state index is 0.0195. The lowest BCUT2D eigenvalue weighted by atomic mass is 10.1. The van der Waals surface area contributed by atoms with Crippen LogP contribution in [0.2, 0.25) is 0 Å². The fraction of sp³-hybridized carbons (Fsp3) is 0.0588. The molecule has 3 aromatic rings. The Morgan fingerprint density at radius 2 is 1.71 bits per heavy atom. The van der Waals surface area contributed by atoms with Gasteiger partial charge in [0.25, 0.3) is 0 Å². The van der Waals surface area contributed by atoms with Crippen molar-refractivity contribution in [1.82, 2.24) is 4.98 Å². The minimum Gasteiger partial charge on any atom is -0.384 e. The van der Waals surface area contributed by atoms with Crippen LogP contribution in [0.1, 0.15) is 5.56 Å². The van der Waals surface area contributed by atoms with E-state index >= 15 is 0 Å². The number of para-hydroxylation sites is 2. The fourth-order valence-electron chi connectivity index (χ4n) is 2.47. The van der Waals surface area contributed by atoms with Gasteiger partial charge in [-0.2, -0.15) is 0 Å². The molecule has 0 amide bonds. The number of anilines is 2. The van der Waals surface area contributed by atoms with Gasteiger partial charge in [-0.1, -0.05) is 36.4 Å². The monoisotopic (exact) mass is 276 g/mol. The molecule has 0 aliphatic carbocycles. The lowest BCUT2D eigenvalue weighted by Gasteiger charge is -2.23. The second-order valence-corrected chi connectivity index (χ2v) is 4.85. The molecule has 1 aromatic heterocycles. The summed E-state index contributed by atoms with van der Waals surface area (Å²) in [6.45, 7) is 0. The zero-order valence-electron chi connectivity index (χ0n) is 11.7. The van der Waals surface area contributed by atoms with Crippen LogP contribution < -0.4 is 10.6 Å². The first-order valence-corrected chi connectivity index (χ1v) is 6.69. The van der Waals surface area contributed by atoms with Crippen LogP contribution in [0.3, 0.4) is 0 Å². The number of nitrogens with one attached hydrogen (secondary N) is 1. The summed E-state index contributed by atoms with van der Waals surface area (Å²) in [5, 5.41) is 8.80. The van der Waals surface area contributed by atoms with E-state index in [2.05, 4.69) is 4.98 Å². The zero-order valence-corrected chi connectivity index (χ0v) is 11.7. The van der Waals surface area contributed by atoms with Crippen molar-refractivity contribution in [2.24, 2.45) is 5.73 Å². The third kappa shape index (κ3) is 2.31. The molecule has 104 valence electrons. The summed E-state index contributed by atoms with van der Waals surface area (Å²) in [7, 11) is 1.98. The van der Waals surface area contributed by atoms with Crippen LogP contribution in [0.15, 0.2) is 60.8 Å². The van der Waals surface area contributed by atoms with Crippen molar-refractivity contribution >= 4 is 28.1 Å². The summed E-state index contributed by atoms with van der Waals surface area (Å²) in [6, 6.07) is 17.9. The van der Waals surface area contributed by atoms with Gasteiger partial charge in [-0.3, -0.25) is 10.4 Å². The molecular weight excluding hydrogens is 260 g/mol. The highest BCUT2D eigenvalue weighted by molar-refractivity contribution is 6.08. The molecular formula is C17H16N4. The molecule has 0 spiro atoms. The molecule has 0 unspecified atom stereocenters. The smallest absolute Gasteiger partial charge is 0.126 e. The fourth-order valence-corrected chi connectivity index (χ4v) is 2.47. The number of nitrogens with two attached hydrogens (primary N) is 1. The summed E-state index contributed by atoms with van der Waals surface area (Å²) in [4.78, 5) is 6.43. The van der Waals surface area contributed by atoms with Gasteiger partial charge >= 0.3 is 0 Å². The molecule has 4 heteroatoms. The Hall–Kier alpha value is -2.88. The van der Waals surface area contributed by atoms with Gasteiger partial charge in [0.05, 0.1) is 16.8 Å². The maximum absolute atomic E-state index is 7.82. The zero-order chi connectivity index (χ0) is 14.8. The Morgan fingerprint density at radius 3 is 2.43 bits per heavy atom. The van der Waals surface area contributed by atoms with Crippen molar-refractivity contribution in [3.05, 3.63) is 66.4 Å². The number of nitrogen functional groups attached to an aromatic ring is 1. The van der Waals surface area contributed by atoms with Gasteiger partial charge in [0, 0.05) is 24.3 Å². The van der Waals surface area contributed by atoms with Crippen LogP contribution >= 0.6 is 0 Å². The summed E-state index contributed by atoms with van der Waals surface area (Å²) in [6.07, 6.45) is 1.67. The Balaban J connectivity index is 2.28. The highest BCUT2D eigenvalue weighted by Gasteiger charge is 2.15. The standard InChI is InChI=1S/C17H16N4/c1-21(12-7-3-2-4-8-12)16-13-9-5-6-10-15(13)20-11-14(16)17(18)19/h2-11H,1H3,(H3,18,19). The van der Waals surface area contributed by atoms with Crippen molar-refractivity contribution in [1.29, 1.82) is 5.41 Å². The van der Waals surface area contributed by atoms with Crippen molar-refractivity contribution in [2.75, 3.05) is 11.9 Å². The minimum atomic E-state index is 0.0195. The van der Waals surface area contributed by atoms with E-state index in [-0.39, 0.29) is 5.84 Å². The number of fused-ring (bicyclic) bond motifs is 1. The van der Waals surface area contributed by atoms with Gasteiger partial charge in [-0.15, -0.1) is 0 Å². The van der Waals surface area contributed by atoms with Crippen LogP contribution in [-0.4, -0.2) is 17.9 Å². The molecule has 0 fully saturated rings. The summed E-state index contributed by atoms with van der Waals surface area (Å²) >= 11 is 0. The third-order valence-electron chi connectivity index (χ3n) is 3.52. The maximum atomic E-state index is 7.82. The van der Waals surface area contributed by atoms with E-state index in [9.17, 15) is 0 Å².